The van der Waals surface area contributed by atoms with Crippen molar-refractivity contribution in [3.05, 3.63) is 46.2 Å². The van der Waals surface area contributed by atoms with E-state index in [1.54, 1.807) is 24.6 Å². The second kappa shape index (κ2) is 7.22. The molecule has 7 heteroatoms. The summed E-state index contributed by atoms with van der Waals surface area (Å²) in [6, 6.07) is 6.43. The summed E-state index contributed by atoms with van der Waals surface area (Å²) in [6.45, 7) is -2.66. The van der Waals surface area contributed by atoms with Gasteiger partial charge in [-0.25, -0.2) is 0 Å². The fraction of sp³-hybridized carbons (Fsp3) is 0.267. The summed E-state index contributed by atoms with van der Waals surface area (Å²) < 4.78 is 34.2. The third kappa shape index (κ3) is 3.94. The zero-order valence-corrected chi connectivity index (χ0v) is 12.9. The Bertz CT molecular complexity index is 632. The maximum Gasteiger partial charge on any atom is 0.387 e. The first-order chi connectivity index (χ1) is 10.5. The van der Waals surface area contributed by atoms with Crippen molar-refractivity contribution in [2.75, 3.05) is 14.2 Å². The highest BCUT2D eigenvalue weighted by atomic mass is 32.1. The lowest BCUT2D eigenvalue weighted by Crippen LogP contribution is -2.25. The Hall–Kier alpha value is -2.15. The molecule has 1 aromatic carbocycles. The Morgan fingerprint density at radius 3 is 2.68 bits per heavy atom. The molecule has 118 valence electrons. The predicted octanol–water partition coefficient (Wildman–Crippen LogP) is 3.63. The van der Waals surface area contributed by atoms with Crippen molar-refractivity contribution in [2.24, 2.45) is 0 Å². The molecule has 0 fully saturated rings. The molecule has 1 aromatic heterocycles. The number of hydrogen-bond acceptors (Lipinski definition) is 4. The van der Waals surface area contributed by atoms with Gasteiger partial charge in [0.25, 0.3) is 5.91 Å². The number of methoxy groups -OCH3 is 1. The highest BCUT2D eigenvalue weighted by Gasteiger charge is 2.15. The highest BCUT2D eigenvalue weighted by Crippen LogP contribution is 2.30. The van der Waals surface area contributed by atoms with Gasteiger partial charge in [0.15, 0.2) is 11.5 Å². The summed E-state index contributed by atoms with van der Waals surface area (Å²) in [5.41, 5.74) is 1.27. The number of amides is 1. The molecule has 1 heterocycles. The van der Waals surface area contributed by atoms with Crippen LogP contribution < -0.4 is 9.47 Å². The third-order valence-corrected chi connectivity index (χ3v) is 3.66. The van der Waals surface area contributed by atoms with Crippen molar-refractivity contribution in [2.45, 2.75) is 13.2 Å². The van der Waals surface area contributed by atoms with Gasteiger partial charge in [-0.1, -0.05) is 6.07 Å². The van der Waals surface area contributed by atoms with Crippen LogP contribution in [0.5, 0.6) is 11.5 Å². The first-order valence-electron chi connectivity index (χ1n) is 6.40. The van der Waals surface area contributed by atoms with Gasteiger partial charge in [-0.2, -0.15) is 20.1 Å². The molecular formula is C15H15F2NO3S. The average Bonchev–Trinajstić information content (AvgIpc) is 3.00. The molecule has 0 N–H and O–H groups in total. The van der Waals surface area contributed by atoms with E-state index in [1.807, 2.05) is 5.38 Å². The molecule has 2 rings (SSSR count). The van der Waals surface area contributed by atoms with Gasteiger partial charge in [-0.05, 0) is 29.1 Å². The van der Waals surface area contributed by atoms with Crippen LogP contribution in [0.15, 0.2) is 35.0 Å². The van der Waals surface area contributed by atoms with Crippen molar-refractivity contribution in [3.63, 3.8) is 0 Å². The minimum Gasteiger partial charge on any atom is -0.493 e. The Balaban J connectivity index is 2.13. The van der Waals surface area contributed by atoms with E-state index < -0.39 is 6.61 Å². The summed E-state index contributed by atoms with van der Waals surface area (Å²) in [7, 11) is 3.03. The Labute approximate surface area is 130 Å². The maximum absolute atomic E-state index is 12.4. The molecular weight excluding hydrogens is 312 g/mol. The molecule has 0 aliphatic rings. The van der Waals surface area contributed by atoms with Gasteiger partial charge in [0.05, 0.1) is 12.7 Å². The van der Waals surface area contributed by atoms with E-state index in [0.29, 0.717) is 11.1 Å². The number of thiophene rings is 1. The number of halogens is 2. The SMILES string of the molecule is COc1ccc(CN(C)C(=O)c2ccsc2)cc1OC(F)F. The van der Waals surface area contributed by atoms with Crippen molar-refractivity contribution in [1.82, 2.24) is 4.90 Å². The lowest BCUT2D eigenvalue weighted by Gasteiger charge is -2.18. The van der Waals surface area contributed by atoms with Crippen LogP contribution in [-0.2, 0) is 6.54 Å². The molecule has 4 nitrogen and oxygen atoms in total. The summed E-state index contributed by atoms with van der Waals surface area (Å²) in [4.78, 5) is 13.7. The van der Waals surface area contributed by atoms with Crippen LogP contribution >= 0.6 is 11.3 Å². The molecule has 0 aliphatic carbocycles. The van der Waals surface area contributed by atoms with Crippen LogP contribution in [0.25, 0.3) is 0 Å². The molecule has 0 bridgehead atoms. The van der Waals surface area contributed by atoms with E-state index >= 15 is 0 Å². The van der Waals surface area contributed by atoms with Gasteiger partial charge < -0.3 is 14.4 Å². The molecule has 0 unspecified atom stereocenters. The van der Waals surface area contributed by atoms with Crippen molar-refractivity contribution in [3.8, 4) is 11.5 Å². The number of alkyl halides is 2. The number of benzene rings is 1. The summed E-state index contributed by atoms with van der Waals surface area (Å²) in [5.74, 6) is 0.0376. The fourth-order valence-electron chi connectivity index (χ4n) is 1.96. The number of hydrogen-bond donors (Lipinski definition) is 0. The lowest BCUT2D eigenvalue weighted by molar-refractivity contribution is -0.0512. The number of nitrogens with zero attached hydrogens (tertiary/aromatic N) is 1. The number of carbonyl (C=O) groups is 1. The zero-order valence-electron chi connectivity index (χ0n) is 12.1. The van der Waals surface area contributed by atoms with E-state index in [0.717, 1.165) is 0 Å². The molecule has 0 saturated carbocycles. The third-order valence-electron chi connectivity index (χ3n) is 2.98. The molecule has 0 radical (unpaired) electrons. The molecule has 22 heavy (non-hydrogen) atoms. The smallest absolute Gasteiger partial charge is 0.387 e. The first-order valence-corrected chi connectivity index (χ1v) is 7.35. The van der Waals surface area contributed by atoms with E-state index in [4.69, 9.17) is 4.74 Å². The van der Waals surface area contributed by atoms with Crippen LogP contribution in [0.4, 0.5) is 8.78 Å². The largest absolute Gasteiger partial charge is 0.493 e. The van der Waals surface area contributed by atoms with Crippen LogP contribution in [0, 0.1) is 0 Å². The van der Waals surface area contributed by atoms with E-state index in [9.17, 15) is 13.6 Å². The average molecular weight is 327 g/mol. The van der Waals surface area contributed by atoms with Gasteiger partial charge in [0, 0.05) is 19.0 Å². The Morgan fingerprint density at radius 1 is 1.32 bits per heavy atom. The molecule has 1 amide bonds. The Kier molecular flexibility index (Phi) is 5.32. The Morgan fingerprint density at radius 2 is 2.09 bits per heavy atom. The van der Waals surface area contributed by atoms with Crippen LogP contribution in [0.2, 0.25) is 0 Å². The van der Waals surface area contributed by atoms with E-state index in [1.165, 1.54) is 35.5 Å². The number of ether oxygens (including phenoxy) is 2. The van der Waals surface area contributed by atoms with Crippen LogP contribution in [0.1, 0.15) is 15.9 Å². The first kappa shape index (κ1) is 16.2. The quantitative estimate of drug-likeness (QED) is 0.813. The topological polar surface area (TPSA) is 38.8 Å². The molecule has 0 aliphatic heterocycles. The highest BCUT2D eigenvalue weighted by molar-refractivity contribution is 7.08. The standard InChI is InChI=1S/C15H15F2NO3S/c1-18(14(19)11-5-6-22-9-11)8-10-3-4-12(20-2)13(7-10)21-15(16)17/h3-7,9,15H,8H2,1-2H3. The lowest BCUT2D eigenvalue weighted by atomic mass is 10.2. The normalized spacial score (nSPS) is 10.6. The summed E-state index contributed by atoms with van der Waals surface area (Å²) in [5, 5.41) is 3.58. The molecule has 2 aromatic rings. The monoisotopic (exact) mass is 327 g/mol. The van der Waals surface area contributed by atoms with Crippen molar-refractivity contribution < 1.29 is 23.0 Å². The van der Waals surface area contributed by atoms with Gasteiger partial charge >= 0.3 is 6.61 Å². The van der Waals surface area contributed by atoms with E-state index in [-0.39, 0.29) is 24.0 Å². The second-order valence-corrected chi connectivity index (χ2v) is 5.32. The minimum absolute atomic E-state index is 0.0496. The molecule has 0 spiro atoms. The van der Waals surface area contributed by atoms with Crippen LogP contribution in [-0.4, -0.2) is 31.6 Å². The van der Waals surface area contributed by atoms with Gasteiger partial charge in [-0.3, -0.25) is 4.79 Å². The number of carbonyl (C=O) groups excluding carboxylic acids is 1. The van der Waals surface area contributed by atoms with Gasteiger partial charge in [-0.15, -0.1) is 0 Å². The predicted molar refractivity (Wildman–Crippen MR) is 79.7 cm³/mol. The van der Waals surface area contributed by atoms with Gasteiger partial charge in [0.2, 0.25) is 0 Å². The van der Waals surface area contributed by atoms with Crippen molar-refractivity contribution >= 4 is 17.2 Å². The number of rotatable bonds is 6. The molecule has 0 saturated heterocycles. The van der Waals surface area contributed by atoms with Crippen LogP contribution in [0.3, 0.4) is 0 Å². The minimum atomic E-state index is -2.94. The zero-order chi connectivity index (χ0) is 16.1. The molecule has 0 atom stereocenters. The maximum atomic E-state index is 12.4. The second-order valence-electron chi connectivity index (χ2n) is 4.54. The summed E-state index contributed by atoms with van der Waals surface area (Å²) >= 11 is 1.44. The van der Waals surface area contributed by atoms with E-state index in [2.05, 4.69) is 4.74 Å². The van der Waals surface area contributed by atoms with Gasteiger partial charge in [0.1, 0.15) is 0 Å². The van der Waals surface area contributed by atoms with Crippen molar-refractivity contribution in [1.29, 1.82) is 0 Å². The summed E-state index contributed by atoms with van der Waals surface area (Å²) in [6.07, 6.45) is 0. The fourth-order valence-corrected chi connectivity index (χ4v) is 2.59.